The Bertz CT molecular complexity index is 290. The molecule has 0 bridgehead atoms. The predicted molar refractivity (Wildman–Crippen MR) is 66.4 cm³/mol. The van der Waals surface area contributed by atoms with Crippen LogP contribution in [0.2, 0.25) is 0 Å². The average molecular weight is 258 g/mol. The number of ether oxygens (including phenoxy) is 1. The van der Waals surface area contributed by atoms with Crippen LogP contribution in [0.15, 0.2) is 0 Å². The summed E-state index contributed by atoms with van der Waals surface area (Å²) in [7, 11) is 0. The number of rotatable bonds is 6. The maximum Gasteiger partial charge on any atom is 0.317 e. The molecule has 0 spiro atoms. The molecule has 104 valence electrons. The van der Waals surface area contributed by atoms with Crippen LogP contribution in [0, 0.1) is 0 Å². The Balaban J connectivity index is 2.52. The van der Waals surface area contributed by atoms with Gasteiger partial charge in [0, 0.05) is 19.1 Å². The van der Waals surface area contributed by atoms with Gasteiger partial charge in [0.05, 0.1) is 26.3 Å². The van der Waals surface area contributed by atoms with E-state index in [9.17, 15) is 9.59 Å². The van der Waals surface area contributed by atoms with Crippen molar-refractivity contribution in [2.75, 3.05) is 39.4 Å². The Morgan fingerprint density at radius 3 is 2.44 bits per heavy atom. The second-order valence-corrected chi connectivity index (χ2v) is 4.55. The van der Waals surface area contributed by atoms with Gasteiger partial charge in [0.15, 0.2) is 0 Å². The minimum atomic E-state index is -0.898. The van der Waals surface area contributed by atoms with Crippen LogP contribution in [-0.2, 0) is 14.3 Å². The van der Waals surface area contributed by atoms with Crippen molar-refractivity contribution in [1.29, 1.82) is 0 Å². The standard InChI is InChI=1S/C12H22N2O4/c1-3-10(2)14(9-12(16)17)8-11(15)13-4-6-18-7-5-13/h10H,3-9H2,1-2H3,(H,16,17). The van der Waals surface area contributed by atoms with E-state index in [2.05, 4.69) is 0 Å². The average Bonchev–Trinajstić information content (AvgIpc) is 2.37. The third kappa shape index (κ3) is 4.62. The topological polar surface area (TPSA) is 70.1 Å². The summed E-state index contributed by atoms with van der Waals surface area (Å²) >= 11 is 0. The van der Waals surface area contributed by atoms with Gasteiger partial charge < -0.3 is 14.7 Å². The van der Waals surface area contributed by atoms with Crippen molar-refractivity contribution in [3.63, 3.8) is 0 Å². The van der Waals surface area contributed by atoms with Gasteiger partial charge in [-0.05, 0) is 13.3 Å². The van der Waals surface area contributed by atoms with E-state index in [1.807, 2.05) is 13.8 Å². The zero-order valence-electron chi connectivity index (χ0n) is 11.1. The van der Waals surface area contributed by atoms with Crippen LogP contribution in [-0.4, -0.2) is 72.2 Å². The molecule has 0 aromatic carbocycles. The molecule has 1 amide bonds. The van der Waals surface area contributed by atoms with Crippen molar-refractivity contribution in [2.45, 2.75) is 26.3 Å². The fourth-order valence-corrected chi connectivity index (χ4v) is 1.89. The summed E-state index contributed by atoms with van der Waals surface area (Å²) in [5, 5.41) is 8.86. The van der Waals surface area contributed by atoms with Crippen LogP contribution in [0.3, 0.4) is 0 Å². The molecule has 18 heavy (non-hydrogen) atoms. The first kappa shape index (κ1) is 14.9. The Morgan fingerprint density at radius 1 is 1.33 bits per heavy atom. The number of morpholine rings is 1. The minimum absolute atomic E-state index is 0.0140. The first-order valence-corrected chi connectivity index (χ1v) is 6.36. The summed E-state index contributed by atoms with van der Waals surface area (Å²) in [5.74, 6) is -0.912. The molecule has 1 heterocycles. The Kier molecular flexibility index (Phi) is 6.07. The fourth-order valence-electron chi connectivity index (χ4n) is 1.89. The number of amides is 1. The van der Waals surface area contributed by atoms with Gasteiger partial charge in [0.25, 0.3) is 0 Å². The third-order valence-corrected chi connectivity index (χ3v) is 3.25. The Hall–Kier alpha value is -1.14. The molecule has 1 saturated heterocycles. The summed E-state index contributed by atoms with van der Waals surface area (Å²) in [6.45, 7) is 6.32. The SMILES string of the molecule is CCC(C)N(CC(=O)O)CC(=O)N1CCOCC1. The first-order valence-electron chi connectivity index (χ1n) is 6.36. The van der Waals surface area contributed by atoms with E-state index < -0.39 is 5.97 Å². The van der Waals surface area contributed by atoms with E-state index in [4.69, 9.17) is 9.84 Å². The summed E-state index contributed by atoms with van der Waals surface area (Å²) < 4.78 is 5.19. The highest BCUT2D eigenvalue weighted by atomic mass is 16.5. The lowest BCUT2D eigenvalue weighted by atomic mass is 10.2. The molecule has 1 aliphatic heterocycles. The molecular formula is C12H22N2O4. The molecule has 0 saturated carbocycles. The van der Waals surface area contributed by atoms with E-state index in [0.29, 0.717) is 26.3 Å². The van der Waals surface area contributed by atoms with Gasteiger partial charge in [-0.2, -0.15) is 0 Å². The van der Waals surface area contributed by atoms with Crippen molar-refractivity contribution in [1.82, 2.24) is 9.80 Å². The second kappa shape index (κ2) is 7.33. The number of hydrogen-bond acceptors (Lipinski definition) is 4. The summed E-state index contributed by atoms with van der Waals surface area (Å²) in [6, 6.07) is 0.0890. The van der Waals surface area contributed by atoms with Gasteiger partial charge in [0.1, 0.15) is 0 Å². The summed E-state index contributed by atoms with van der Waals surface area (Å²) in [4.78, 5) is 26.3. The molecule has 1 unspecified atom stereocenters. The zero-order valence-corrected chi connectivity index (χ0v) is 11.1. The quantitative estimate of drug-likeness (QED) is 0.728. The molecule has 1 N–H and O–H groups in total. The third-order valence-electron chi connectivity index (χ3n) is 3.25. The van der Waals surface area contributed by atoms with Gasteiger partial charge >= 0.3 is 5.97 Å². The highest BCUT2D eigenvalue weighted by Gasteiger charge is 2.23. The van der Waals surface area contributed by atoms with Crippen molar-refractivity contribution in [2.24, 2.45) is 0 Å². The highest BCUT2D eigenvalue weighted by Crippen LogP contribution is 2.05. The largest absolute Gasteiger partial charge is 0.480 e. The Labute approximate surface area is 107 Å². The van der Waals surface area contributed by atoms with Crippen molar-refractivity contribution in [3.8, 4) is 0 Å². The Morgan fingerprint density at radius 2 is 1.94 bits per heavy atom. The van der Waals surface area contributed by atoms with Crippen LogP contribution in [0.4, 0.5) is 0 Å². The van der Waals surface area contributed by atoms with Gasteiger partial charge in [-0.1, -0.05) is 6.92 Å². The van der Waals surface area contributed by atoms with Crippen LogP contribution >= 0.6 is 0 Å². The van der Waals surface area contributed by atoms with Crippen molar-refractivity contribution in [3.05, 3.63) is 0 Å². The number of hydrogen-bond donors (Lipinski definition) is 1. The van der Waals surface area contributed by atoms with E-state index >= 15 is 0 Å². The molecule has 0 aromatic rings. The second-order valence-electron chi connectivity index (χ2n) is 4.55. The molecule has 1 rings (SSSR count). The number of nitrogens with zero attached hydrogens (tertiary/aromatic N) is 2. The van der Waals surface area contributed by atoms with Gasteiger partial charge in [0.2, 0.25) is 5.91 Å². The maximum atomic E-state index is 12.0. The number of carboxylic acid groups (broad SMARTS) is 1. The molecule has 0 aliphatic carbocycles. The monoisotopic (exact) mass is 258 g/mol. The van der Waals surface area contributed by atoms with Gasteiger partial charge in [-0.25, -0.2) is 0 Å². The van der Waals surface area contributed by atoms with Crippen LogP contribution in [0.1, 0.15) is 20.3 Å². The smallest absolute Gasteiger partial charge is 0.317 e. The lowest BCUT2D eigenvalue weighted by Gasteiger charge is -2.31. The molecule has 6 heteroatoms. The molecule has 0 radical (unpaired) electrons. The van der Waals surface area contributed by atoms with E-state index in [0.717, 1.165) is 6.42 Å². The summed E-state index contributed by atoms with van der Waals surface area (Å²) in [5.41, 5.74) is 0. The van der Waals surface area contributed by atoms with E-state index in [1.165, 1.54) is 0 Å². The number of carbonyl (C=O) groups excluding carboxylic acids is 1. The maximum absolute atomic E-state index is 12.0. The van der Waals surface area contributed by atoms with Crippen molar-refractivity contribution >= 4 is 11.9 Å². The number of aliphatic carboxylic acids is 1. The molecule has 0 aromatic heterocycles. The first-order chi connectivity index (χ1) is 8.54. The summed E-state index contributed by atoms with van der Waals surface area (Å²) in [6.07, 6.45) is 0.823. The predicted octanol–water partition coefficient (Wildman–Crippen LogP) is 0.0303. The van der Waals surface area contributed by atoms with Crippen LogP contribution in [0.25, 0.3) is 0 Å². The molecule has 1 atom stereocenters. The van der Waals surface area contributed by atoms with Gasteiger partial charge in [-0.15, -0.1) is 0 Å². The lowest BCUT2D eigenvalue weighted by Crippen LogP contribution is -2.48. The highest BCUT2D eigenvalue weighted by molar-refractivity contribution is 5.79. The van der Waals surface area contributed by atoms with E-state index in [-0.39, 0.29) is 25.0 Å². The molecule has 1 aliphatic rings. The van der Waals surface area contributed by atoms with Crippen LogP contribution < -0.4 is 0 Å². The minimum Gasteiger partial charge on any atom is -0.480 e. The van der Waals surface area contributed by atoms with Gasteiger partial charge in [-0.3, -0.25) is 14.5 Å². The van der Waals surface area contributed by atoms with Crippen LogP contribution in [0.5, 0.6) is 0 Å². The normalized spacial score (nSPS) is 17.8. The molecular weight excluding hydrogens is 236 g/mol. The zero-order chi connectivity index (χ0) is 13.5. The number of carboxylic acids is 1. The fraction of sp³-hybridized carbons (Fsp3) is 0.833. The van der Waals surface area contributed by atoms with E-state index in [1.54, 1.807) is 9.80 Å². The molecule has 1 fully saturated rings. The lowest BCUT2D eigenvalue weighted by molar-refractivity contribution is -0.141. The number of carbonyl (C=O) groups is 2. The molecule has 6 nitrogen and oxygen atoms in total. The van der Waals surface area contributed by atoms with Crippen molar-refractivity contribution < 1.29 is 19.4 Å².